The standard InChI is InChI=1S/C15H25N5/c1-10(2)13-14(16-3)17-9-18-15(13)19-11-6-7-20(8-11)12-4-5-12/h9-12H,4-8H2,1-3H3,(H2,16,17,18,19). The summed E-state index contributed by atoms with van der Waals surface area (Å²) in [6.45, 7) is 6.76. The molecule has 2 fully saturated rings. The average Bonchev–Trinajstić information content (AvgIpc) is 3.19. The van der Waals surface area contributed by atoms with Gasteiger partial charge in [-0.1, -0.05) is 13.8 Å². The average molecular weight is 275 g/mol. The Labute approximate surface area is 121 Å². The van der Waals surface area contributed by atoms with E-state index < -0.39 is 0 Å². The van der Waals surface area contributed by atoms with Crippen LogP contribution in [0.4, 0.5) is 11.6 Å². The van der Waals surface area contributed by atoms with E-state index >= 15 is 0 Å². The molecule has 1 aliphatic carbocycles. The Kier molecular flexibility index (Phi) is 3.78. The normalized spacial score (nSPS) is 23.3. The highest BCUT2D eigenvalue weighted by molar-refractivity contribution is 5.59. The fourth-order valence-electron chi connectivity index (χ4n) is 3.13. The van der Waals surface area contributed by atoms with Gasteiger partial charge in [-0.25, -0.2) is 9.97 Å². The monoisotopic (exact) mass is 275 g/mol. The van der Waals surface area contributed by atoms with Crippen LogP contribution >= 0.6 is 0 Å². The number of nitrogens with one attached hydrogen (secondary N) is 2. The largest absolute Gasteiger partial charge is 0.373 e. The third-order valence-corrected chi connectivity index (χ3v) is 4.32. The molecule has 1 saturated carbocycles. The summed E-state index contributed by atoms with van der Waals surface area (Å²) in [5.41, 5.74) is 1.19. The van der Waals surface area contributed by atoms with Crippen LogP contribution in [0.1, 0.15) is 44.6 Å². The Morgan fingerprint density at radius 1 is 1.20 bits per heavy atom. The lowest BCUT2D eigenvalue weighted by molar-refractivity contribution is 0.326. The van der Waals surface area contributed by atoms with Gasteiger partial charge in [0.15, 0.2) is 0 Å². The van der Waals surface area contributed by atoms with Crippen molar-refractivity contribution >= 4 is 11.6 Å². The maximum atomic E-state index is 4.48. The molecule has 0 amide bonds. The predicted molar refractivity (Wildman–Crippen MR) is 82.3 cm³/mol. The van der Waals surface area contributed by atoms with Crippen LogP contribution in [0, 0.1) is 0 Å². The van der Waals surface area contributed by atoms with E-state index in [0.717, 1.165) is 24.2 Å². The summed E-state index contributed by atoms with van der Waals surface area (Å²) < 4.78 is 0. The number of hydrogen-bond acceptors (Lipinski definition) is 5. The number of aromatic nitrogens is 2. The van der Waals surface area contributed by atoms with Crippen LogP contribution in [0.2, 0.25) is 0 Å². The van der Waals surface area contributed by atoms with Gasteiger partial charge in [0.05, 0.1) is 0 Å². The first kappa shape index (κ1) is 13.6. The van der Waals surface area contributed by atoms with Crippen LogP contribution in [0.5, 0.6) is 0 Å². The van der Waals surface area contributed by atoms with E-state index in [1.165, 1.54) is 31.4 Å². The first-order chi connectivity index (χ1) is 9.69. The lowest BCUT2D eigenvalue weighted by Gasteiger charge is -2.20. The van der Waals surface area contributed by atoms with Gasteiger partial charge in [0.2, 0.25) is 0 Å². The summed E-state index contributed by atoms with van der Waals surface area (Å²) in [7, 11) is 1.92. The Morgan fingerprint density at radius 3 is 2.60 bits per heavy atom. The fourth-order valence-corrected chi connectivity index (χ4v) is 3.13. The molecule has 2 N–H and O–H groups in total. The van der Waals surface area contributed by atoms with Crippen LogP contribution in [-0.4, -0.2) is 47.1 Å². The first-order valence-electron chi connectivity index (χ1n) is 7.72. The van der Waals surface area contributed by atoms with Crippen molar-refractivity contribution in [3.63, 3.8) is 0 Å². The smallest absolute Gasteiger partial charge is 0.135 e. The van der Waals surface area contributed by atoms with Crippen molar-refractivity contribution in [3.05, 3.63) is 11.9 Å². The van der Waals surface area contributed by atoms with E-state index in [4.69, 9.17) is 0 Å². The molecule has 5 heteroatoms. The fraction of sp³-hybridized carbons (Fsp3) is 0.733. The molecule has 1 saturated heterocycles. The summed E-state index contributed by atoms with van der Waals surface area (Å²) in [5, 5.41) is 6.82. The number of likely N-dealkylation sites (tertiary alicyclic amines) is 1. The number of rotatable bonds is 5. The highest BCUT2D eigenvalue weighted by atomic mass is 15.2. The highest BCUT2D eigenvalue weighted by Crippen LogP contribution is 2.32. The minimum Gasteiger partial charge on any atom is -0.373 e. The number of anilines is 2. The zero-order valence-corrected chi connectivity index (χ0v) is 12.7. The molecule has 20 heavy (non-hydrogen) atoms. The second-order valence-corrected chi connectivity index (χ2v) is 6.25. The van der Waals surface area contributed by atoms with Crippen molar-refractivity contribution in [1.29, 1.82) is 0 Å². The second-order valence-electron chi connectivity index (χ2n) is 6.25. The van der Waals surface area contributed by atoms with Gasteiger partial charge in [-0.3, -0.25) is 4.90 Å². The molecule has 5 nitrogen and oxygen atoms in total. The predicted octanol–water partition coefficient (Wildman–Crippen LogP) is 2.29. The Hall–Kier alpha value is -1.36. The van der Waals surface area contributed by atoms with E-state index in [1.54, 1.807) is 6.33 Å². The first-order valence-corrected chi connectivity index (χ1v) is 7.72. The molecule has 0 aromatic carbocycles. The second kappa shape index (κ2) is 5.56. The van der Waals surface area contributed by atoms with Crippen LogP contribution in [0.15, 0.2) is 6.33 Å². The van der Waals surface area contributed by atoms with Gasteiger partial charge in [-0.05, 0) is 25.2 Å². The van der Waals surface area contributed by atoms with E-state index in [0.29, 0.717) is 12.0 Å². The van der Waals surface area contributed by atoms with Crippen LogP contribution < -0.4 is 10.6 Å². The van der Waals surface area contributed by atoms with Gasteiger partial charge in [-0.15, -0.1) is 0 Å². The topological polar surface area (TPSA) is 53.1 Å². The van der Waals surface area contributed by atoms with Gasteiger partial charge < -0.3 is 10.6 Å². The lowest BCUT2D eigenvalue weighted by Crippen LogP contribution is -2.28. The molecule has 1 aromatic rings. The quantitative estimate of drug-likeness (QED) is 0.863. The van der Waals surface area contributed by atoms with Gasteiger partial charge in [0, 0.05) is 37.8 Å². The van der Waals surface area contributed by atoms with Crippen molar-refractivity contribution in [2.45, 2.75) is 51.1 Å². The third-order valence-electron chi connectivity index (χ3n) is 4.32. The van der Waals surface area contributed by atoms with Crippen molar-refractivity contribution in [3.8, 4) is 0 Å². The summed E-state index contributed by atoms with van der Waals surface area (Å²) in [6.07, 6.45) is 5.64. The van der Waals surface area contributed by atoms with Crippen molar-refractivity contribution in [1.82, 2.24) is 14.9 Å². The Balaban J connectivity index is 1.73. The van der Waals surface area contributed by atoms with E-state index in [1.807, 2.05) is 7.05 Å². The summed E-state index contributed by atoms with van der Waals surface area (Å²) >= 11 is 0. The van der Waals surface area contributed by atoms with Gasteiger partial charge in [0.25, 0.3) is 0 Å². The van der Waals surface area contributed by atoms with Gasteiger partial charge in [0.1, 0.15) is 18.0 Å². The maximum Gasteiger partial charge on any atom is 0.135 e. The molecular weight excluding hydrogens is 250 g/mol. The molecule has 0 spiro atoms. The van der Waals surface area contributed by atoms with Gasteiger partial charge >= 0.3 is 0 Å². The molecule has 0 radical (unpaired) electrons. The molecule has 1 unspecified atom stereocenters. The minimum atomic E-state index is 0.405. The SMILES string of the molecule is CNc1ncnc(NC2CCN(C3CC3)C2)c1C(C)C. The minimum absolute atomic E-state index is 0.405. The molecule has 1 atom stereocenters. The zero-order chi connectivity index (χ0) is 14.1. The molecule has 2 aliphatic rings. The van der Waals surface area contributed by atoms with Gasteiger partial charge in [-0.2, -0.15) is 0 Å². The zero-order valence-electron chi connectivity index (χ0n) is 12.7. The van der Waals surface area contributed by atoms with Crippen LogP contribution in [0.3, 0.4) is 0 Å². The molecule has 2 heterocycles. The molecule has 110 valence electrons. The van der Waals surface area contributed by atoms with Crippen LogP contribution in [0.25, 0.3) is 0 Å². The van der Waals surface area contributed by atoms with Crippen LogP contribution in [-0.2, 0) is 0 Å². The van der Waals surface area contributed by atoms with Crippen molar-refractivity contribution in [2.75, 3.05) is 30.8 Å². The Bertz CT molecular complexity index is 469. The molecule has 1 aliphatic heterocycles. The molecule has 1 aromatic heterocycles. The Morgan fingerprint density at radius 2 is 1.95 bits per heavy atom. The molecule has 3 rings (SSSR count). The summed E-state index contributed by atoms with van der Waals surface area (Å²) in [5.74, 6) is 2.35. The van der Waals surface area contributed by atoms with E-state index in [2.05, 4.69) is 39.3 Å². The maximum absolute atomic E-state index is 4.48. The third kappa shape index (κ3) is 2.73. The summed E-state index contributed by atoms with van der Waals surface area (Å²) in [6, 6.07) is 1.39. The summed E-state index contributed by atoms with van der Waals surface area (Å²) in [4.78, 5) is 11.4. The van der Waals surface area contributed by atoms with Crippen molar-refractivity contribution in [2.24, 2.45) is 0 Å². The molecule has 0 bridgehead atoms. The number of hydrogen-bond donors (Lipinski definition) is 2. The number of nitrogens with zero attached hydrogens (tertiary/aromatic N) is 3. The highest BCUT2D eigenvalue weighted by Gasteiger charge is 2.34. The van der Waals surface area contributed by atoms with E-state index in [9.17, 15) is 0 Å². The molecular formula is C15H25N5. The van der Waals surface area contributed by atoms with Crippen molar-refractivity contribution < 1.29 is 0 Å². The lowest BCUT2D eigenvalue weighted by atomic mass is 10.0. The van der Waals surface area contributed by atoms with E-state index in [-0.39, 0.29) is 0 Å².